The van der Waals surface area contributed by atoms with Crippen LogP contribution in [-0.2, 0) is 9.53 Å². The van der Waals surface area contributed by atoms with Gasteiger partial charge in [-0.2, -0.15) is 5.26 Å². The number of para-hydroxylation sites is 1. The van der Waals surface area contributed by atoms with Gasteiger partial charge in [-0.3, -0.25) is 4.79 Å². The van der Waals surface area contributed by atoms with Gasteiger partial charge >= 0.3 is 0 Å². The molecule has 4 heteroatoms. The lowest BCUT2D eigenvalue weighted by atomic mass is 10.0. The quantitative estimate of drug-likeness (QED) is 0.866. The van der Waals surface area contributed by atoms with Crippen LogP contribution in [-0.4, -0.2) is 18.6 Å². The van der Waals surface area contributed by atoms with Crippen molar-refractivity contribution in [3.63, 3.8) is 0 Å². The van der Waals surface area contributed by atoms with E-state index in [-0.39, 0.29) is 12.3 Å². The lowest BCUT2D eigenvalue weighted by Crippen LogP contribution is -2.29. The molecule has 0 unspecified atom stereocenters. The zero-order valence-corrected chi connectivity index (χ0v) is 10.3. The van der Waals surface area contributed by atoms with Gasteiger partial charge < -0.3 is 10.1 Å². The highest BCUT2D eigenvalue weighted by Gasteiger charge is 2.21. The highest BCUT2D eigenvalue weighted by atomic mass is 16.5. The number of rotatable bonds is 4. The summed E-state index contributed by atoms with van der Waals surface area (Å²) in [7, 11) is 1.57. The van der Waals surface area contributed by atoms with Crippen LogP contribution in [0.15, 0.2) is 24.3 Å². The molecule has 0 saturated carbocycles. The highest BCUT2D eigenvalue weighted by Crippen LogP contribution is 2.17. The topological polar surface area (TPSA) is 62.1 Å². The Hall–Kier alpha value is -1.86. The van der Waals surface area contributed by atoms with E-state index in [1.807, 2.05) is 19.9 Å². The molecule has 90 valence electrons. The van der Waals surface area contributed by atoms with E-state index in [0.29, 0.717) is 11.3 Å². The van der Waals surface area contributed by atoms with Gasteiger partial charge in [-0.1, -0.05) is 12.1 Å². The Morgan fingerprint density at radius 3 is 2.71 bits per heavy atom. The summed E-state index contributed by atoms with van der Waals surface area (Å²) in [5.74, 6) is -0.167. The summed E-state index contributed by atoms with van der Waals surface area (Å²) in [6, 6.07) is 8.93. The van der Waals surface area contributed by atoms with Crippen molar-refractivity contribution in [2.24, 2.45) is 0 Å². The molecule has 1 rings (SSSR count). The van der Waals surface area contributed by atoms with Crippen LogP contribution in [0, 0.1) is 11.3 Å². The van der Waals surface area contributed by atoms with Gasteiger partial charge in [0.25, 0.3) is 0 Å². The van der Waals surface area contributed by atoms with Crippen LogP contribution < -0.4 is 5.32 Å². The molecule has 1 amide bonds. The second-order valence-corrected chi connectivity index (χ2v) is 4.35. The number of carbonyl (C=O) groups excluding carboxylic acids is 1. The first-order valence-electron chi connectivity index (χ1n) is 5.32. The largest absolute Gasteiger partial charge is 0.378 e. The third kappa shape index (κ3) is 3.89. The van der Waals surface area contributed by atoms with Gasteiger partial charge in [0.1, 0.15) is 6.07 Å². The summed E-state index contributed by atoms with van der Waals surface area (Å²) >= 11 is 0. The Labute approximate surface area is 101 Å². The molecule has 0 aliphatic heterocycles. The number of hydrogen-bond donors (Lipinski definition) is 1. The second kappa shape index (κ2) is 5.46. The van der Waals surface area contributed by atoms with Crippen molar-refractivity contribution in [1.82, 2.24) is 0 Å². The van der Waals surface area contributed by atoms with Crippen LogP contribution >= 0.6 is 0 Å². The first-order chi connectivity index (χ1) is 7.98. The fraction of sp³-hybridized carbons (Fsp3) is 0.385. The first-order valence-corrected chi connectivity index (χ1v) is 5.32. The Morgan fingerprint density at radius 2 is 2.12 bits per heavy atom. The van der Waals surface area contributed by atoms with Crippen molar-refractivity contribution < 1.29 is 9.53 Å². The predicted octanol–water partition coefficient (Wildman–Crippen LogP) is 2.31. The predicted molar refractivity (Wildman–Crippen MR) is 65.5 cm³/mol. The van der Waals surface area contributed by atoms with E-state index < -0.39 is 5.60 Å². The molecular weight excluding hydrogens is 216 g/mol. The maximum atomic E-state index is 11.8. The number of ether oxygens (including phenoxy) is 1. The van der Waals surface area contributed by atoms with Crippen LogP contribution in [0.1, 0.15) is 25.8 Å². The summed E-state index contributed by atoms with van der Waals surface area (Å²) in [4.78, 5) is 11.8. The molecule has 1 N–H and O–H groups in total. The van der Waals surface area contributed by atoms with E-state index in [0.717, 1.165) is 0 Å². The molecule has 0 aromatic heterocycles. The van der Waals surface area contributed by atoms with Crippen LogP contribution in [0.4, 0.5) is 5.69 Å². The third-order valence-corrected chi connectivity index (χ3v) is 2.46. The van der Waals surface area contributed by atoms with E-state index in [9.17, 15) is 4.79 Å². The van der Waals surface area contributed by atoms with Crippen LogP contribution in [0.25, 0.3) is 0 Å². The number of carbonyl (C=O) groups is 1. The number of anilines is 1. The molecule has 0 atom stereocenters. The lowest BCUT2D eigenvalue weighted by Gasteiger charge is -2.22. The van der Waals surface area contributed by atoms with Gasteiger partial charge in [0.05, 0.1) is 23.3 Å². The molecule has 0 fully saturated rings. The number of nitrogens with one attached hydrogen (secondary N) is 1. The minimum Gasteiger partial charge on any atom is -0.378 e. The van der Waals surface area contributed by atoms with Crippen molar-refractivity contribution in [1.29, 1.82) is 5.26 Å². The van der Waals surface area contributed by atoms with Crippen LogP contribution in [0.2, 0.25) is 0 Å². The SMILES string of the molecule is COC(C)(C)CC(=O)Nc1ccccc1C#N. The van der Waals surface area contributed by atoms with Gasteiger partial charge in [0.2, 0.25) is 5.91 Å². The molecule has 0 aliphatic carbocycles. The average Bonchev–Trinajstić information content (AvgIpc) is 2.29. The minimum absolute atomic E-state index is 0.167. The number of amides is 1. The normalized spacial score (nSPS) is 10.7. The zero-order chi connectivity index (χ0) is 12.9. The minimum atomic E-state index is -0.508. The maximum Gasteiger partial charge on any atom is 0.227 e. The maximum absolute atomic E-state index is 11.8. The zero-order valence-electron chi connectivity index (χ0n) is 10.3. The van der Waals surface area contributed by atoms with Gasteiger partial charge in [0, 0.05) is 7.11 Å². The molecule has 0 bridgehead atoms. The number of nitrogens with zero attached hydrogens (tertiary/aromatic N) is 1. The standard InChI is InChI=1S/C13H16N2O2/c1-13(2,17-3)8-12(16)15-11-7-5-4-6-10(11)9-14/h4-7H,8H2,1-3H3,(H,15,16). The molecule has 1 aromatic rings. The number of benzene rings is 1. The van der Waals surface area contributed by atoms with E-state index in [4.69, 9.17) is 10.00 Å². The van der Waals surface area contributed by atoms with E-state index >= 15 is 0 Å². The fourth-order valence-corrected chi connectivity index (χ4v) is 1.34. The monoisotopic (exact) mass is 232 g/mol. The second-order valence-electron chi connectivity index (χ2n) is 4.35. The first kappa shape index (κ1) is 13.2. The van der Waals surface area contributed by atoms with E-state index in [1.165, 1.54) is 0 Å². The van der Waals surface area contributed by atoms with Crippen molar-refractivity contribution >= 4 is 11.6 Å². The third-order valence-electron chi connectivity index (χ3n) is 2.46. The lowest BCUT2D eigenvalue weighted by molar-refractivity contribution is -0.121. The van der Waals surface area contributed by atoms with Crippen molar-refractivity contribution in [3.8, 4) is 6.07 Å². The smallest absolute Gasteiger partial charge is 0.227 e. The number of nitriles is 1. The van der Waals surface area contributed by atoms with Crippen molar-refractivity contribution in [2.45, 2.75) is 25.9 Å². The Balaban J connectivity index is 2.73. The Morgan fingerprint density at radius 1 is 1.47 bits per heavy atom. The van der Waals surface area contributed by atoms with Crippen LogP contribution in [0.5, 0.6) is 0 Å². The molecule has 0 aliphatic rings. The summed E-state index contributed by atoms with van der Waals surface area (Å²) in [6.45, 7) is 3.67. The molecule has 0 spiro atoms. The molecule has 1 aromatic carbocycles. The molecule has 0 radical (unpaired) electrons. The Kier molecular flexibility index (Phi) is 4.24. The van der Waals surface area contributed by atoms with Crippen LogP contribution in [0.3, 0.4) is 0 Å². The summed E-state index contributed by atoms with van der Waals surface area (Å²) < 4.78 is 5.18. The van der Waals surface area contributed by atoms with E-state index in [1.54, 1.807) is 31.4 Å². The Bertz CT molecular complexity index is 447. The molecule has 4 nitrogen and oxygen atoms in total. The fourth-order valence-electron chi connectivity index (χ4n) is 1.34. The number of methoxy groups -OCH3 is 1. The molecular formula is C13H16N2O2. The summed E-state index contributed by atoms with van der Waals surface area (Å²) in [5, 5.41) is 11.6. The molecule has 0 saturated heterocycles. The summed E-state index contributed by atoms with van der Waals surface area (Å²) in [5.41, 5.74) is 0.481. The van der Waals surface area contributed by atoms with E-state index in [2.05, 4.69) is 5.32 Å². The summed E-state index contributed by atoms with van der Waals surface area (Å²) in [6.07, 6.45) is 0.239. The molecule has 0 heterocycles. The van der Waals surface area contributed by atoms with Gasteiger partial charge in [0.15, 0.2) is 0 Å². The van der Waals surface area contributed by atoms with Gasteiger partial charge in [-0.05, 0) is 26.0 Å². The highest BCUT2D eigenvalue weighted by molar-refractivity contribution is 5.92. The van der Waals surface area contributed by atoms with Gasteiger partial charge in [-0.15, -0.1) is 0 Å². The van der Waals surface area contributed by atoms with Crippen molar-refractivity contribution in [3.05, 3.63) is 29.8 Å². The van der Waals surface area contributed by atoms with Crippen molar-refractivity contribution in [2.75, 3.05) is 12.4 Å². The van der Waals surface area contributed by atoms with Gasteiger partial charge in [-0.25, -0.2) is 0 Å². The average molecular weight is 232 g/mol. The number of hydrogen-bond acceptors (Lipinski definition) is 3. The molecule has 17 heavy (non-hydrogen) atoms.